The van der Waals surface area contributed by atoms with Crippen molar-refractivity contribution in [1.82, 2.24) is 30.1 Å². The zero-order chi connectivity index (χ0) is 17.4. The molecule has 1 saturated heterocycles. The van der Waals surface area contributed by atoms with Crippen LogP contribution < -0.4 is 0 Å². The van der Waals surface area contributed by atoms with Crippen molar-refractivity contribution in [3.8, 4) is 5.69 Å². The Balaban J connectivity index is 1.51. The van der Waals surface area contributed by atoms with E-state index in [1.165, 1.54) is 27.9 Å². The molecular formula is C16H15FN6O2. The van der Waals surface area contributed by atoms with Crippen LogP contribution in [0.15, 0.2) is 42.7 Å². The number of amides is 1. The number of nitrogens with one attached hydrogen (secondary N) is 1. The number of halogens is 1. The van der Waals surface area contributed by atoms with Crippen molar-refractivity contribution < 1.29 is 14.3 Å². The van der Waals surface area contributed by atoms with Crippen LogP contribution in [0.2, 0.25) is 0 Å². The summed E-state index contributed by atoms with van der Waals surface area (Å²) in [6, 6.07) is 7.42. The lowest BCUT2D eigenvalue weighted by atomic mass is 10.00. The van der Waals surface area contributed by atoms with E-state index in [4.69, 9.17) is 0 Å². The van der Waals surface area contributed by atoms with Crippen molar-refractivity contribution in [3.63, 3.8) is 0 Å². The molecule has 0 bridgehead atoms. The average molecular weight is 342 g/mol. The number of likely N-dealkylation sites (tertiary alicyclic amines) is 1. The maximum Gasteiger partial charge on any atom is 0.274 e. The zero-order valence-electron chi connectivity index (χ0n) is 13.1. The third-order valence-electron chi connectivity index (χ3n) is 4.33. The molecular weight excluding hydrogens is 327 g/mol. The van der Waals surface area contributed by atoms with Crippen molar-refractivity contribution in [3.05, 3.63) is 59.9 Å². The SMILES string of the molecule is O=C(c1ccn(-c2ccc(F)cc2)n1)N1CC[C@](O)(c2cn[nH]n2)C1. The van der Waals surface area contributed by atoms with Crippen LogP contribution in [-0.4, -0.2) is 54.2 Å². The fourth-order valence-corrected chi connectivity index (χ4v) is 2.94. The smallest absolute Gasteiger partial charge is 0.274 e. The van der Waals surface area contributed by atoms with Gasteiger partial charge in [-0.3, -0.25) is 4.79 Å². The standard InChI is InChI=1S/C16H15FN6O2/c17-11-1-3-12(4-2-11)23-7-5-13(20-23)15(24)22-8-6-16(25,10-22)14-9-18-21-19-14/h1-5,7,9,25H,6,8,10H2,(H,18,19,21)/t16-/m1/s1. The van der Waals surface area contributed by atoms with Crippen molar-refractivity contribution in [1.29, 1.82) is 0 Å². The molecule has 1 amide bonds. The van der Waals surface area contributed by atoms with Crippen LogP contribution in [0, 0.1) is 5.82 Å². The second-order valence-electron chi connectivity index (χ2n) is 5.99. The predicted molar refractivity (Wildman–Crippen MR) is 84.3 cm³/mol. The van der Waals surface area contributed by atoms with Gasteiger partial charge >= 0.3 is 0 Å². The predicted octanol–water partition coefficient (Wildman–Crippen LogP) is 0.863. The maximum absolute atomic E-state index is 13.0. The van der Waals surface area contributed by atoms with E-state index in [1.54, 1.807) is 24.4 Å². The molecule has 0 spiro atoms. The number of H-pyrrole nitrogens is 1. The highest BCUT2D eigenvalue weighted by molar-refractivity contribution is 5.92. The third kappa shape index (κ3) is 2.78. The highest BCUT2D eigenvalue weighted by atomic mass is 19.1. The molecule has 0 aliphatic carbocycles. The molecule has 2 aromatic heterocycles. The minimum atomic E-state index is -1.21. The molecule has 3 heterocycles. The van der Waals surface area contributed by atoms with E-state index in [9.17, 15) is 14.3 Å². The Morgan fingerprint density at radius 3 is 2.80 bits per heavy atom. The first-order chi connectivity index (χ1) is 12.0. The topological polar surface area (TPSA) is 99.9 Å². The molecule has 2 N–H and O–H groups in total. The molecule has 4 rings (SSSR count). The number of aromatic amines is 1. The molecule has 1 fully saturated rings. The Morgan fingerprint density at radius 2 is 2.08 bits per heavy atom. The van der Waals surface area contributed by atoms with Gasteiger partial charge in [0.05, 0.1) is 18.4 Å². The number of carbonyl (C=O) groups is 1. The second kappa shape index (κ2) is 5.78. The lowest BCUT2D eigenvalue weighted by Gasteiger charge is -2.20. The number of β-amino-alcohol motifs (C(OH)–C–C–N with tert-alkyl or cyclic N) is 1. The Labute approximate surface area is 141 Å². The second-order valence-corrected chi connectivity index (χ2v) is 5.99. The van der Waals surface area contributed by atoms with E-state index >= 15 is 0 Å². The van der Waals surface area contributed by atoms with Crippen LogP contribution in [0.1, 0.15) is 22.6 Å². The largest absolute Gasteiger partial charge is 0.381 e. The van der Waals surface area contributed by atoms with E-state index in [-0.39, 0.29) is 24.0 Å². The Hall–Kier alpha value is -3.07. The van der Waals surface area contributed by atoms with Gasteiger partial charge in [0.2, 0.25) is 0 Å². The summed E-state index contributed by atoms with van der Waals surface area (Å²) in [7, 11) is 0. The lowest BCUT2D eigenvalue weighted by molar-refractivity contribution is 0.0380. The number of carbonyl (C=O) groups excluding carboxylic acids is 1. The highest BCUT2D eigenvalue weighted by Gasteiger charge is 2.42. The molecule has 3 aromatic rings. The van der Waals surface area contributed by atoms with Gasteiger partial charge in [0.15, 0.2) is 5.69 Å². The fraction of sp³-hybridized carbons (Fsp3) is 0.250. The third-order valence-corrected chi connectivity index (χ3v) is 4.33. The van der Waals surface area contributed by atoms with Crippen LogP contribution in [0.25, 0.3) is 5.69 Å². The average Bonchev–Trinajstić information content (AvgIpc) is 3.36. The van der Waals surface area contributed by atoms with Crippen molar-refractivity contribution >= 4 is 5.91 Å². The molecule has 0 unspecified atom stereocenters. The molecule has 1 atom stereocenters. The first-order valence-electron chi connectivity index (χ1n) is 7.75. The Morgan fingerprint density at radius 1 is 1.28 bits per heavy atom. The van der Waals surface area contributed by atoms with Crippen molar-refractivity contribution in [2.75, 3.05) is 13.1 Å². The van der Waals surface area contributed by atoms with E-state index in [1.807, 2.05) is 0 Å². The van der Waals surface area contributed by atoms with E-state index in [0.717, 1.165) is 0 Å². The number of aromatic nitrogens is 5. The minimum absolute atomic E-state index is 0.127. The summed E-state index contributed by atoms with van der Waals surface area (Å²) >= 11 is 0. The summed E-state index contributed by atoms with van der Waals surface area (Å²) in [5, 5.41) is 25.0. The maximum atomic E-state index is 13.0. The van der Waals surface area contributed by atoms with Gasteiger partial charge in [-0.1, -0.05) is 0 Å². The Kier molecular flexibility index (Phi) is 3.57. The molecule has 1 aliphatic heterocycles. The van der Waals surface area contributed by atoms with Gasteiger partial charge in [0.1, 0.15) is 17.1 Å². The number of rotatable bonds is 3. The molecule has 1 aromatic carbocycles. The van der Waals surface area contributed by atoms with Gasteiger partial charge in [0, 0.05) is 19.2 Å². The van der Waals surface area contributed by atoms with Gasteiger partial charge in [-0.2, -0.15) is 20.5 Å². The lowest BCUT2D eigenvalue weighted by Crippen LogP contribution is -2.34. The number of hydrogen-bond acceptors (Lipinski definition) is 5. The normalized spacial score (nSPS) is 20.2. The van der Waals surface area contributed by atoms with Crippen LogP contribution in [-0.2, 0) is 5.60 Å². The zero-order valence-corrected chi connectivity index (χ0v) is 13.1. The molecule has 1 aliphatic rings. The van der Waals surface area contributed by atoms with E-state index in [0.29, 0.717) is 24.3 Å². The van der Waals surface area contributed by atoms with Gasteiger partial charge in [0.25, 0.3) is 5.91 Å². The minimum Gasteiger partial charge on any atom is -0.381 e. The quantitative estimate of drug-likeness (QED) is 0.735. The van der Waals surface area contributed by atoms with Gasteiger partial charge < -0.3 is 10.0 Å². The van der Waals surface area contributed by atoms with Crippen LogP contribution >= 0.6 is 0 Å². The molecule has 25 heavy (non-hydrogen) atoms. The van der Waals surface area contributed by atoms with Crippen LogP contribution in [0.3, 0.4) is 0 Å². The summed E-state index contributed by atoms with van der Waals surface area (Å²) < 4.78 is 14.5. The van der Waals surface area contributed by atoms with Gasteiger partial charge in [-0.25, -0.2) is 9.07 Å². The summed E-state index contributed by atoms with van der Waals surface area (Å²) in [6.07, 6.45) is 3.47. The summed E-state index contributed by atoms with van der Waals surface area (Å²) in [5.74, 6) is -0.614. The van der Waals surface area contributed by atoms with Gasteiger partial charge in [-0.15, -0.1) is 0 Å². The molecule has 0 radical (unpaired) electrons. The number of aliphatic hydroxyl groups is 1. The monoisotopic (exact) mass is 342 g/mol. The van der Waals surface area contributed by atoms with Crippen LogP contribution in [0.5, 0.6) is 0 Å². The van der Waals surface area contributed by atoms with E-state index < -0.39 is 5.60 Å². The van der Waals surface area contributed by atoms with Crippen LogP contribution in [0.4, 0.5) is 4.39 Å². The molecule has 9 heteroatoms. The fourth-order valence-electron chi connectivity index (χ4n) is 2.94. The molecule has 0 saturated carbocycles. The number of nitrogens with zero attached hydrogens (tertiary/aromatic N) is 5. The van der Waals surface area contributed by atoms with Crippen molar-refractivity contribution in [2.45, 2.75) is 12.0 Å². The van der Waals surface area contributed by atoms with E-state index in [2.05, 4.69) is 20.5 Å². The first-order valence-corrected chi connectivity index (χ1v) is 7.75. The summed E-state index contributed by atoms with van der Waals surface area (Å²) in [6.45, 7) is 0.521. The number of benzene rings is 1. The van der Waals surface area contributed by atoms with Crippen molar-refractivity contribution in [2.24, 2.45) is 0 Å². The first kappa shape index (κ1) is 15.5. The number of hydrogen-bond donors (Lipinski definition) is 2. The highest BCUT2D eigenvalue weighted by Crippen LogP contribution is 2.30. The molecule has 8 nitrogen and oxygen atoms in total. The summed E-state index contributed by atoms with van der Waals surface area (Å²) in [5.41, 5.74) is 0.122. The molecule has 128 valence electrons. The van der Waals surface area contributed by atoms with Gasteiger partial charge in [-0.05, 0) is 30.3 Å². The summed E-state index contributed by atoms with van der Waals surface area (Å²) in [4.78, 5) is 14.2. The Bertz CT molecular complexity index is 892.